The molecule has 6 nitrogen and oxygen atoms in total. The summed E-state index contributed by atoms with van der Waals surface area (Å²) in [6, 6.07) is 7.63. The second-order valence-electron chi connectivity index (χ2n) is 6.94. The number of carbonyl (C=O) groups excluding carboxylic acids is 2. The molecular formula is C20H23N3O3S2. The lowest BCUT2D eigenvalue weighted by molar-refractivity contribution is -0.121. The van der Waals surface area contributed by atoms with Gasteiger partial charge in [-0.15, -0.1) is 11.3 Å². The average molecular weight is 418 g/mol. The van der Waals surface area contributed by atoms with Crippen molar-refractivity contribution in [1.82, 2.24) is 5.32 Å². The van der Waals surface area contributed by atoms with E-state index in [0.29, 0.717) is 22.2 Å². The van der Waals surface area contributed by atoms with Crippen molar-refractivity contribution in [3.8, 4) is 5.75 Å². The second-order valence-corrected chi connectivity index (χ2v) is 8.45. The normalized spacial score (nSPS) is 12.5. The van der Waals surface area contributed by atoms with Crippen molar-refractivity contribution in [3.05, 3.63) is 45.8 Å². The van der Waals surface area contributed by atoms with Crippen molar-refractivity contribution >= 4 is 45.5 Å². The van der Waals surface area contributed by atoms with Gasteiger partial charge in [0.15, 0.2) is 11.7 Å². The molecule has 0 aliphatic heterocycles. The van der Waals surface area contributed by atoms with Crippen LogP contribution >= 0.6 is 23.6 Å². The standard InChI is InChI=1S/C20H23N3O3S2/c1-11(2)12-6-8-13(9-7-12)26-10-16(24)22-20(27)23-19-17(18(21)25)14-4-3-5-15(14)28-19/h6-9,11H,3-5,10H2,1-2H3,(H2,21,25)(H2,22,23,24,27). The molecule has 0 radical (unpaired) electrons. The quantitative estimate of drug-likeness (QED) is 0.627. The van der Waals surface area contributed by atoms with E-state index in [1.807, 2.05) is 24.3 Å². The molecule has 28 heavy (non-hydrogen) atoms. The van der Waals surface area contributed by atoms with E-state index in [9.17, 15) is 9.59 Å². The number of hydrogen-bond donors (Lipinski definition) is 3. The Hall–Kier alpha value is -2.45. The highest BCUT2D eigenvalue weighted by atomic mass is 32.1. The third kappa shape index (κ3) is 4.69. The SMILES string of the molecule is CC(C)c1ccc(OCC(=O)NC(=S)Nc2sc3c(c2C(N)=O)CCC3)cc1. The molecule has 2 aromatic rings. The highest BCUT2D eigenvalue weighted by Crippen LogP contribution is 2.38. The van der Waals surface area contributed by atoms with E-state index < -0.39 is 5.91 Å². The van der Waals surface area contributed by atoms with Crippen molar-refractivity contribution in [2.24, 2.45) is 5.73 Å². The number of primary amides is 1. The number of ether oxygens (including phenoxy) is 1. The fraction of sp³-hybridized carbons (Fsp3) is 0.350. The summed E-state index contributed by atoms with van der Waals surface area (Å²) in [6.45, 7) is 4.07. The Morgan fingerprint density at radius 1 is 1.25 bits per heavy atom. The first kappa shape index (κ1) is 20.3. The lowest BCUT2D eigenvalue weighted by Gasteiger charge is -2.11. The number of benzene rings is 1. The number of amides is 2. The lowest BCUT2D eigenvalue weighted by atomic mass is 10.0. The maximum atomic E-state index is 12.1. The van der Waals surface area contributed by atoms with Crippen LogP contribution in [-0.2, 0) is 17.6 Å². The molecule has 148 valence electrons. The molecule has 8 heteroatoms. The minimum Gasteiger partial charge on any atom is -0.484 e. The van der Waals surface area contributed by atoms with Gasteiger partial charge in [0.05, 0.1) is 5.56 Å². The molecule has 1 aromatic carbocycles. The maximum Gasteiger partial charge on any atom is 0.264 e. The summed E-state index contributed by atoms with van der Waals surface area (Å²) >= 11 is 6.66. The van der Waals surface area contributed by atoms with Crippen molar-refractivity contribution in [2.45, 2.75) is 39.0 Å². The van der Waals surface area contributed by atoms with E-state index in [4.69, 9.17) is 22.7 Å². The molecule has 1 aromatic heterocycles. The van der Waals surface area contributed by atoms with E-state index in [1.165, 1.54) is 16.9 Å². The van der Waals surface area contributed by atoms with Crippen LogP contribution in [0.2, 0.25) is 0 Å². The predicted molar refractivity (Wildman–Crippen MR) is 115 cm³/mol. The fourth-order valence-electron chi connectivity index (χ4n) is 3.15. The zero-order valence-corrected chi connectivity index (χ0v) is 17.5. The van der Waals surface area contributed by atoms with Gasteiger partial charge in [-0.25, -0.2) is 0 Å². The Kier molecular flexibility index (Phi) is 6.31. The third-order valence-electron chi connectivity index (χ3n) is 4.56. The topological polar surface area (TPSA) is 93.4 Å². The van der Waals surface area contributed by atoms with E-state index in [-0.39, 0.29) is 17.6 Å². The van der Waals surface area contributed by atoms with Crippen LogP contribution in [0.1, 0.15) is 52.5 Å². The molecule has 0 fully saturated rings. The Balaban J connectivity index is 1.54. The molecule has 1 aliphatic rings. The molecule has 0 bridgehead atoms. The minimum absolute atomic E-state index is 0.117. The smallest absolute Gasteiger partial charge is 0.264 e. The summed E-state index contributed by atoms with van der Waals surface area (Å²) in [6.07, 6.45) is 2.80. The van der Waals surface area contributed by atoms with Crippen molar-refractivity contribution in [1.29, 1.82) is 0 Å². The summed E-state index contributed by atoms with van der Waals surface area (Å²) in [4.78, 5) is 25.1. The summed E-state index contributed by atoms with van der Waals surface area (Å²) < 4.78 is 5.49. The zero-order valence-electron chi connectivity index (χ0n) is 15.8. The van der Waals surface area contributed by atoms with Crippen LogP contribution < -0.4 is 21.1 Å². The molecule has 0 atom stereocenters. The van der Waals surface area contributed by atoms with Crippen LogP contribution in [0.4, 0.5) is 5.00 Å². The predicted octanol–water partition coefficient (Wildman–Crippen LogP) is 3.35. The Morgan fingerprint density at radius 3 is 2.61 bits per heavy atom. The average Bonchev–Trinajstić information content (AvgIpc) is 3.20. The highest BCUT2D eigenvalue weighted by molar-refractivity contribution is 7.80. The Bertz CT molecular complexity index is 904. The van der Waals surface area contributed by atoms with E-state index in [2.05, 4.69) is 24.5 Å². The molecule has 4 N–H and O–H groups in total. The van der Waals surface area contributed by atoms with Gasteiger partial charge in [0.2, 0.25) is 0 Å². The van der Waals surface area contributed by atoms with Crippen molar-refractivity contribution in [2.75, 3.05) is 11.9 Å². The first-order valence-electron chi connectivity index (χ1n) is 9.13. The van der Waals surface area contributed by atoms with Crippen LogP contribution in [-0.4, -0.2) is 23.5 Å². The highest BCUT2D eigenvalue weighted by Gasteiger charge is 2.25. The second kappa shape index (κ2) is 8.70. The van der Waals surface area contributed by atoms with E-state index in [1.54, 1.807) is 0 Å². The summed E-state index contributed by atoms with van der Waals surface area (Å²) in [5.74, 6) is 0.188. The van der Waals surface area contributed by atoms with Crippen LogP contribution in [0.5, 0.6) is 5.75 Å². The third-order valence-corrected chi connectivity index (χ3v) is 5.98. The minimum atomic E-state index is -0.482. The van der Waals surface area contributed by atoms with Crippen molar-refractivity contribution in [3.63, 3.8) is 0 Å². The number of rotatable bonds is 6. The monoisotopic (exact) mass is 417 g/mol. The molecule has 0 unspecified atom stereocenters. The molecule has 1 aliphatic carbocycles. The number of nitrogens with two attached hydrogens (primary N) is 1. The zero-order chi connectivity index (χ0) is 20.3. The Morgan fingerprint density at radius 2 is 1.96 bits per heavy atom. The molecule has 0 saturated heterocycles. The number of fused-ring (bicyclic) bond motifs is 1. The first-order valence-corrected chi connectivity index (χ1v) is 10.4. The molecular weight excluding hydrogens is 394 g/mol. The lowest BCUT2D eigenvalue weighted by Crippen LogP contribution is -2.37. The number of anilines is 1. The summed E-state index contributed by atoms with van der Waals surface area (Å²) in [5.41, 5.74) is 8.22. The molecule has 1 heterocycles. The first-order chi connectivity index (χ1) is 13.3. The van der Waals surface area contributed by atoms with Crippen LogP contribution in [0, 0.1) is 0 Å². The summed E-state index contributed by atoms with van der Waals surface area (Å²) in [7, 11) is 0. The molecule has 2 amide bonds. The number of thiocarbonyl (C=S) groups is 1. The van der Waals surface area contributed by atoms with Crippen LogP contribution in [0.3, 0.4) is 0 Å². The van der Waals surface area contributed by atoms with E-state index in [0.717, 1.165) is 29.7 Å². The van der Waals surface area contributed by atoms with Gasteiger partial charge < -0.3 is 15.8 Å². The Labute approximate surface area is 173 Å². The number of aryl methyl sites for hydroxylation is 1. The van der Waals surface area contributed by atoms with Gasteiger partial charge in [-0.2, -0.15) is 0 Å². The fourth-order valence-corrected chi connectivity index (χ4v) is 4.73. The number of thiophene rings is 1. The molecule has 0 spiro atoms. The van der Waals surface area contributed by atoms with Gasteiger partial charge in [0.25, 0.3) is 11.8 Å². The van der Waals surface area contributed by atoms with Crippen LogP contribution in [0.25, 0.3) is 0 Å². The number of nitrogens with one attached hydrogen (secondary N) is 2. The number of hydrogen-bond acceptors (Lipinski definition) is 5. The van der Waals surface area contributed by atoms with Gasteiger partial charge in [-0.3, -0.25) is 14.9 Å². The van der Waals surface area contributed by atoms with Gasteiger partial charge >= 0.3 is 0 Å². The molecule has 3 rings (SSSR count). The molecule has 0 saturated carbocycles. The van der Waals surface area contributed by atoms with Gasteiger partial charge in [0.1, 0.15) is 10.8 Å². The van der Waals surface area contributed by atoms with E-state index >= 15 is 0 Å². The van der Waals surface area contributed by atoms with Gasteiger partial charge in [-0.1, -0.05) is 26.0 Å². The number of carbonyl (C=O) groups is 2. The van der Waals surface area contributed by atoms with Gasteiger partial charge in [0, 0.05) is 4.88 Å². The largest absolute Gasteiger partial charge is 0.484 e. The van der Waals surface area contributed by atoms with Crippen LogP contribution in [0.15, 0.2) is 24.3 Å². The van der Waals surface area contributed by atoms with Crippen molar-refractivity contribution < 1.29 is 14.3 Å². The maximum absolute atomic E-state index is 12.1. The van der Waals surface area contributed by atoms with Gasteiger partial charge in [-0.05, 0) is 60.7 Å². The summed E-state index contributed by atoms with van der Waals surface area (Å²) in [5, 5.41) is 6.21.